The lowest BCUT2D eigenvalue weighted by molar-refractivity contribution is 0.301. The highest BCUT2D eigenvalue weighted by Crippen LogP contribution is 2.16. The second-order valence-corrected chi connectivity index (χ2v) is 4.78. The molecule has 0 atom stereocenters. The number of rotatable bonds is 4. The highest BCUT2D eigenvalue weighted by Gasteiger charge is 1.99. The van der Waals surface area contributed by atoms with Crippen LogP contribution in [0, 0.1) is 3.57 Å². The Morgan fingerprint density at radius 1 is 1.29 bits per heavy atom. The van der Waals surface area contributed by atoms with E-state index in [1.54, 1.807) is 6.20 Å². The summed E-state index contributed by atoms with van der Waals surface area (Å²) in [5.74, 6) is 0.869. The van der Waals surface area contributed by atoms with Crippen molar-refractivity contribution in [3.05, 3.63) is 51.9 Å². The fourth-order valence-electron chi connectivity index (χ4n) is 1.43. The van der Waals surface area contributed by atoms with Crippen LogP contribution in [0.15, 0.2) is 42.6 Å². The molecule has 2 aromatic rings. The Kier molecular flexibility index (Phi) is 4.19. The van der Waals surface area contributed by atoms with Gasteiger partial charge in [0, 0.05) is 22.5 Å². The van der Waals surface area contributed by atoms with Gasteiger partial charge in [0.15, 0.2) is 0 Å². The van der Waals surface area contributed by atoms with Crippen molar-refractivity contribution < 1.29 is 4.74 Å². The van der Waals surface area contributed by atoms with Gasteiger partial charge in [-0.2, -0.15) is 0 Å². The summed E-state index contributed by atoms with van der Waals surface area (Å²) in [4.78, 5) is 4.26. The van der Waals surface area contributed by atoms with Gasteiger partial charge in [-0.05, 0) is 52.9 Å². The van der Waals surface area contributed by atoms with Gasteiger partial charge in [-0.1, -0.05) is 6.07 Å². The lowest BCUT2D eigenvalue weighted by Crippen LogP contribution is -1.99. The fourth-order valence-corrected chi connectivity index (χ4v) is 1.94. The molecule has 3 nitrogen and oxygen atoms in total. The summed E-state index contributed by atoms with van der Waals surface area (Å²) in [5, 5.41) is 3.08. The van der Waals surface area contributed by atoms with Crippen LogP contribution in [-0.2, 0) is 6.61 Å². The number of ether oxygens (including phenoxy) is 1. The van der Waals surface area contributed by atoms with Crippen molar-refractivity contribution in [3.63, 3.8) is 0 Å². The van der Waals surface area contributed by atoms with Crippen LogP contribution in [0.1, 0.15) is 5.69 Å². The summed E-state index contributed by atoms with van der Waals surface area (Å²) in [6, 6.07) is 11.9. The molecule has 0 spiro atoms. The van der Waals surface area contributed by atoms with Crippen molar-refractivity contribution in [2.75, 3.05) is 12.4 Å². The van der Waals surface area contributed by atoms with E-state index in [0.717, 1.165) is 20.7 Å². The van der Waals surface area contributed by atoms with E-state index in [9.17, 15) is 0 Å². The zero-order chi connectivity index (χ0) is 12.1. The lowest BCUT2D eigenvalue weighted by atomic mass is 10.3. The van der Waals surface area contributed by atoms with Gasteiger partial charge in [0.05, 0.1) is 5.69 Å². The topological polar surface area (TPSA) is 34.2 Å². The average Bonchev–Trinajstić information content (AvgIpc) is 2.37. The maximum absolute atomic E-state index is 5.68. The van der Waals surface area contributed by atoms with E-state index in [0.29, 0.717) is 6.61 Å². The predicted octanol–water partition coefficient (Wildman–Crippen LogP) is 3.31. The van der Waals surface area contributed by atoms with E-state index in [2.05, 4.69) is 32.9 Å². The normalized spacial score (nSPS) is 10.0. The molecule has 1 aromatic carbocycles. The van der Waals surface area contributed by atoms with E-state index < -0.39 is 0 Å². The minimum Gasteiger partial charge on any atom is -0.487 e. The van der Waals surface area contributed by atoms with E-state index >= 15 is 0 Å². The molecule has 1 aromatic heterocycles. The third-order valence-corrected chi connectivity index (χ3v) is 2.96. The molecule has 0 radical (unpaired) electrons. The molecule has 0 bridgehead atoms. The third kappa shape index (κ3) is 3.59. The molecule has 0 amide bonds. The Bertz CT molecular complexity index is 502. The first-order chi connectivity index (χ1) is 8.28. The quantitative estimate of drug-likeness (QED) is 0.868. The number of aromatic nitrogens is 1. The van der Waals surface area contributed by atoms with E-state index in [1.165, 1.54) is 0 Å². The van der Waals surface area contributed by atoms with Gasteiger partial charge in [0.1, 0.15) is 12.4 Å². The number of hydrogen-bond donors (Lipinski definition) is 1. The summed E-state index contributed by atoms with van der Waals surface area (Å²) in [6.07, 6.45) is 1.78. The predicted molar refractivity (Wildman–Crippen MR) is 77.3 cm³/mol. The second kappa shape index (κ2) is 5.86. The maximum atomic E-state index is 5.68. The smallest absolute Gasteiger partial charge is 0.130 e. The fraction of sp³-hybridized carbons (Fsp3) is 0.154. The Hall–Kier alpha value is -1.30. The number of hydrogen-bond acceptors (Lipinski definition) is 3. The zero-order valence-corrected chi connectivity index (χ0v) is 11.6. The Morgan fingerprint density at radius 2 is 2.18 bits per heavy atom. The molecule has 17 heavy (non-hydrogen) atoms. The molecule has 0 fully saturated rings. The van der Waals surface area contributed by atoms with Crippen LogP contribution in [0.25, 0.3) is 0 Å². The average molecular weight is 340 g/mol. The van der Waals surface area contributed by atoms with Crippen molar-refractivity contribution in [2.24, 2.45) is 0 Å². The molecule has 0 aliphatic carbocycles. The molecule has 88 valence electrons. The van der Waals surface area contributed by atoms with Gasteiger partial charge in [-0.25, -0.2) is 0 Å². The third-order valence-electron chi connectivity index (χ3n) is 2.29. The van der Waals surface area contributed by atoms with Crippen LogP contribution < -0.4 is 10.1 Å². The highest BCUT2D eigenvalue weighted by molar-refractivity contribution is 14.1. The molecule has 2 rings (SSSR count). The first kappa shape index (κ1) is 12.2. The minimum absolute atomic E-state index is 0.482. The zero-order valence-electron chi connectivity index (χ0n) is 9.48. The molecular formula is C13H13IN2O. The molecular weight excluding hydrogens is 327 g/mol. The summed E-state index contributed by atoms with van der Waals surface area (Å²) in [7, 11) is 1.89. The monoisotopic (exact) mass is 340 g/mol. The van der Waals surface area contributed by atoms with Crippen molar-refractivity contribution in [1.29, 1.82) is 0 Å². The molecule has 1 N–H and O–H groups in total. The molecule has 0 aliphatic heterocycles. The Morgan fingerprint density at radius 3 is 2.94 bits per heavy atom. The van der Waals surface area contributed by atoms with E-state index in [1.807, 2.05) is 43.4 Å². The molecule has 0 saturated heterocycles. The summed E-state index contributed by atoms with van der Waals surface area (Å²) >= 11 is 2.27. The van der Waals surface area contributed by atoms with Crippen molar-refractivity contribution in [2.45, 2.75) is 6.61 Å². The van der Waals surface area contributed by atoms with Gasteiger partial charge in [0.2, 0.25) is 0 Å². The summed E-state index contributed by atoms with van der Waals surface area (Å²) in [5.41, 5.74) is 1.96. The first-order valence-corrected chi connectivity index (χ1v) is 6.37. The lowest BCUT2D eigenvalue weighted by Gasteiger charge is -2.07. The largest absolute Gasteiger partial charge is 0.487 e. The van der Waals surface area contributed by atoms with E-state index in [4.69, 9.17) is 4.74 Å². The van der Waals surface area contributed by atoms with Gasteiger partial charge < -0.3 is 10.1 Å². The van der Waals surface area contributed by atoms with E-state index in [-0.39, 0.29) is 0 Å². The minimum atomic E-state index is 0.482. The van der Waals surface area contributed by atoms with Gasteiger partial charge in [-0.15, -0.1) is 0 Å². The molecule has 1 heterocycles. The first-order valence-electron chi connectivity index (χ1n) is 5.29. The van der Waals surface area contributed by atoms with Crippen molar-refractivity contribution in [3.8, 4) is 5.75 Å². The van der Waals surface area contributed by atoms with Gasteiger partial charge >= 0.3 is 0 Å². The summed E-state index contributed by atoms with van der Waals surface area (Å²) < 4.78 is 6.84. The number of nitrogens with one attached hydrogen (secondary N) is 1. The highest BCUT2D eigenvalue weighted by atomic mass is 127. The van der Waals surface area contributed by atoms with Gasteiger partial charge in [0.25, 0.3) is 0 Å². The van der Waals surface area contributed by atoms with Crippen LogP contribution in [0.5, 0.6) is 5.75 Å². The number of benzene rings is 1. The maximum Gasteiger partial charge on any atom is 0.130 e. The molecule has 0 saturated carbocycles. The number of pyridine rings is 1. The Labute approximate surface area is 114 Å². The Balaban J connectivity index is 2.02. The molecule has 0 unspecified atom stereocenters. The van der Waals surface area contributed by atoms with Crippen molar-refractivity contribution >= 4 is 28.3 Å². The van der Waals surface area contributed by atoms with Crippen LogP contribution in [0.2, 0.25) is 0 Å². The number of anilines is 1. The standard InChI is InChI=1S/C13H13IN2O/c1-15-11-5-6-16-12(8-11)9-17-13-4-2-3-10(14)7-13/h2-8H,9H2,1H3,(H,15,16). The molecule has 4 heteroatoms. The second-order valence-electron chi connectivity index (χ2n) is 3.53. The van der Waals surface area contributed by atoms with Gasteiger partial charge in [-0.3, -0.25) is 4.98 Å². The molecule has 0 aliphatic rings. The van der Waals surface area contributed by atoms with Crippen LogP contribution in [-0.4, -0.2) is 12.0 Å². The van der Waals surface area contributed by atoms with Crippen LogP contribution in [0.4, 0.5) is 5.69 Å². The number of nitrogens with zero attached hydrogens (tertiary/aromatic N) is 1. The summed E-state index contributed by atoms with van der Waals surface area (Å²) in [6.45, 7) is 0.482. The van der Waals surface area contributed by atoms with Crippen LogP contribution in [0.3, 0.4) is 0 Å². The van der Waals surface area contributed by atoms with Crippen molar-refractivity contribution in [1.82, 2.24) is 4.98 Å². The SMILES string of the molecule is CNc1ccnc(COc2cccc(I)c2)c1. The number of halogens is 1. The van der Waals surface area contributed by atoms with Crippen LogP contribution >= 0.6 is 22.6 Å².